The first-order valence-corrected chi connectivity index (χ1v) is 8.07. The van der Waals surface area contributed by atoms with Crippen LogP contribution in [-0.2, 0) is 12.8 Å². The third-order valence-corrected chi connectivity index (χ3v) is 4.14. The number of hydrogen-bond donors (Lipinski definition) is 0. The molecular weight excluding hydrogens is 338 g/mol. The fourth-order valence-corrected chi connectivity index (χ4v) is 2.78. The van der Waals surface area contributed by atoms with Gasteiger partial charge in [-0.3, -0.25) is 10.1 Å². The molecule has 0 heterocycles. The third-order valence-electron chi connectivity index (χ3n) is 4.14. The van der Waals surface area contributed by atoms with Crippen molar-refractivity contribution in [3.8, 4) is 23.0 Å². The van der Waals surface area contributed by atoms with Crippen LogP contribution in [0.15, 0.2) is 36.4 Å². The van der Waals surface area contributed by atoms with Gasteiger partial charge in [-0.25, -0.2) is 0 Å². The normalized spacial score (nSPS) is 10.5. The van der Waals surface area contributed by atoms with Crippen LogP contribution in [0.2, 0.25) is 0 Å². The summed E-state index contributed by atoms with van der Waals surface area (Å²) in [4.78, 5) is 11.3. The van der Waals surface area contributed by atoms with Crippen molar-refractivity contribution < 1.29 is 23.9 Å². The summed E-state index contributed by atoms with van der Waals surface area (Å²) >= 11 is 0. The second-order valence-electron chi connectivity index (χ2n) is 5.73. The Hall–Kier alpha value is -2.96. The van der Waals surface area contributed by atoms with Gasteiger partial charge in [0.1, 0.15) is 0 Å². The Morgan fingerprint density at radius 2 is 1.15 bits per heavy atom. The first-order chi connectivity index (χ1) is 12.5. The molecule has 2 aromatic rings. The van der Waals surface area contributed by atoms with E-state index in [0.29, 0.717) is 23.0 Å². The molecule has 0 spiro atoms. The van der Waals surface area contributed by atoms with Crippen molar-refractivity contribution in [2.45, 2.75) is 18.9 Å². The van der Waals surface area contributed by atoms with Gasteiger partial charge in [0.15, 0.2) is 23.0 Å². The van der Waals surface area contributed by atoms with E-state index in [1.807, 2.05) is 12.1 Å². The van der Waals surface area contributed by atoms with Gasteiger partial charge < -0.3 is 18.9 Å². The van der Waals surface area contributed by atoms with Gasteiger partial charge in [0.25, 0.3) is 0 Å². The number of nitrogens with zero attached hydrogens (tertiary/aromatic N) is 1. The Morgan fingerprint density at radius 3 is 1.46 bits per heavy atom. The number of methoxy groups -OCH3 is 4. The van der Waals surface area contributed by atoms with Gasteiger partial charge >= 0.3 is 0 Å². The van der Waals surface area contributed by atoms with Crippen LogP contribution in [-0.4, -0.2) is 39.4 Å². The molecule has 7 nitrogen and oxygen atoms in total. The number of ether oxygens (including phenoxy) is 4. The highest BCUT2D eigenvalue weighted by atomic mass is 16.6. The van der Waals surface area contributed by atoms with Crippen LogP contribution in [0.1, 0.15) is 11.1 Å². The summed E-state index contributed by atoms with van der Waals surface area (Å²) in [6.45, 7) is 0. The molecule has 0 atom stereocenters. The minimum absolute atomic E-state index is 0.257. The molecule has 0 unspecified atom stereocenters. The van der Waals surface area contributed by atoms with Crippen molar-refractivity contribution in [1.82, 2.24) is 0 Å². The van der Waals surface area contributed by atoms with E-state index in [1.165, 1.54) is 14.2 Å². The van der Waals surface area contributed by atoms with Gasteiger partial charge in [0.2, 0.25) is 6.04 Å². The van der Waals surface area contributed by atoms with E-state index in [2.05, 4.69) is 0 Å². The Kier molecular flexibility index (Phi) is 6.66. The van der Waals surface area contributed by atoms with Crippen molar-refractivity contribution in [2.24, 2.45) is 0 Å². The summed E-state index contributed by atoms with van der Waals surface area (Å²) in [5, 5.41) is 11.6. The van der Waals surface area contributed by atoms with Crippen LogP contribution < -0.4 is 18.9 Å². The molecule has 0 aliphatic carbocycles. The lowest BCUT2D eigenvalue weighted by Crippen LogP contribution is -2.25. The smallest absolute Gasteiger partial charge is 0.221 e. The largest absolute Gasteiger partial charge is 0.493 e. The molecule has 0 aliphatic heterocycles. The maximum absolute atomic E-state index is 11.6. The standard InChI is InChI=1S/C19H23NO6/c1-23-16-7-5-13(11-18(16)25-3)9-15(20(21)22)10-14-6-8-17(24-2)19(12-14)26-4/h5-8,11-12,15H,9-10H2,1-4H3. The Morgan fingerprint density at radius 1 is 0.769 bits per heavy atom. The van der Waals surface area contributed by atoms with Crippen LogP contribution in [0.5, 0.6) is 23.0 Å². The minimum atomic E-state index is -0.772. The van der Waals surface area contributed by atoms with E-state index in [-0.39, 0.29) is 17.8 Å². The molecule has 0 aliphatic rings. The van der Waals surface area contributed by atoms with Crippen molar-refractivity contribution in [1.29, 1.82) is 0 Å². The average molecular weight is 361 g/mol. The molecule has 0 radical (unpaired) electrons. The zero-order valence-corrected chi connectivity index (χ0v) is 15.4. The van der Waals surface area contributed by atoms with Gasteiger partial charge in [0, 0.05) is 17.8 Å². The van der Waals surface area contributed by atoms with Crippen molar-refractivity contribution in [3.05, 3.63) is 57.6 Å². The predicted octanol–water partition coefficient (Wildman–Crippen LogP) is 3.15. The van der Waals surface area contributed by atoms with Crippen LogP contribution >= 0.6 is 0 Å². The topological polar surface area (TPSA) is 80.1 Å². The number of hydrogen-bond acceptors (Lipinski definition) is 6. The van der Waals surface area contributed by atoms with E-state index in [4.69, 9.17) is 18.9 Å². The van der Waals surface area contributed by atoms with Crippen LogP contribution in [0.3, 0.4) is 0 Å². The molecule has 0 fully saturated rings. The zero-order chi connectivity index (χ0) is 19.1. The fraction of sp³-hybridized carbons (Fsp3) is 0.368. The lowest BCUT2D eigenvalue weighted by molar-refractivity contribution is -0.521. The SMILES string of the molecule is COc1ccc(CC(Cc2ccc(OC)c(OC)c2)[N+](=O)[O-])cc1OC. The molecule has 0 amide bonds. The third kappa shape index (κ3) is 4.56. The zero-order valence-electron chi connectivity index (χ0n) is 15.4. The van der Waals surface area contributed by atoms with Crippen LogP contribution in [0.25, 0.3) is 0 Å². The maximum Gasteiger partial charge on any atom is 0.221 e. The molecule has 0 N–H and O–H groups in total. The molecule has 140 valence electrons. The quantitative estimate of drug-likeness (QED) is 0.504. The molecule has 0 saturated heterocycles. The fourth-order valence-electron chi connectivity index (χ4n) is 2.78. The monoisotopic (exact) mass is 361 g/mol. The second-order valence-corrected chi connectivity index (χ2v) is 5.73. The van der Waals surface area contributed by atoms with Crippen molar-refractivity contribution >= 4 is 0 Å². The Bertz CT molecular complexity index is 704. The number of nitro groups is 1. The lowest BCUT2D eigenvalue weighted by atomic mass is 9.99. The van der Waals surface area contributed by atoms with Crippen LogP contribution in [0, 0.1) is 10.1 Å². The Balaban J connectivity index is 2.21. The predicted molar refractivity (Wildman–Crippen MR) is 97.3 cm³/mol. The van der Waals surface area contributed by atoms with Crippen molar-refractivity contribution in [2.75, 3.05) is 28.4 Å². The molecular formula is C19H23NO6. The summed E-state index contributed by atoms with van der Waals surface area (Å²) in [7, 11) is 6.18. The highest BCUT2D eigenvalue weighted by Crippen LogP contribution is 2.30. The molecule has 0 saturated carbocycles. The molecule has 7 heteroatoms. The van der Waals surface area contributed by atoms with Crippen LogP contribution in [0.4, 0.5) is 0 Å². The lowest BCUT2D eigenvalue weighted by Gasteiger charge is -2.14. The van der Waals surface area contributed by atoms with E-state index in [9.17, 15) is 10.1 Å². The highest BCUT2D eigenvalue weighted by Gasteiger charge is 2.23. The van der Waals surface area contributed by atoms with Gasteiger partial charge in [0.05, 0.1) is 28.4 Å². The van der Waals surface area contributed by atoms with E-state index >= 15 is 0 Å². The first kappa shape index (κ1) is 19.4. The van der Waals surface area contributed by atoms with E-state index in [1.54, 1.807) is 38.5 Å². The van der Waals surface area contributed by atoms with Gasteiger partial charge in [-0.2, -0.15) is 0 Å². The summed E-state index contributed by atoms with van der Waals surface area (Å²) in [6, 6.07) is 9.89. The summed E-state index contributed by atoms with van der Waals surface area (Å²) in [5.41, 5.74) is 1.62. The molecule has 26 heavy (non-hydrogen) atoms. The summed E-state index contributed by atoms with van der Waals surface area (Å²) in [6.07, 6.45) is 0.559. The minimum Gasteiger partial charge on any atom is -0.493 e. The van der Waals surface area contributed by atoms with Crippen molar-refractivity contribution in [3.63, 3.8) is 0 Å². The van der Waals surface area contributed by atoms with Gasteiger partial charge in [-0.1, -0.05) is 12.1 Å². The molecule has 2 aromatic carbocycles. The number of rotatable bonds is 9. The second kappa shape index (κ2) is 8.94. The van der Waals surface area contributed by atoms with E-state index < -0.39 is 6.04 Å². The highest BCUT2D eigenvalue weighted by molar-refractivity contribution is 5.44. The molecule has 0 aromatic heterocycles. The first-order valence-electron chi connectivity index (χ1n) is 8.07. The number of benzene rings is 2. The summed E-state index contributed by atoms with van der Waals surface area (Å²) < 4.78 is 20.9. The van der Waals surface area contributed by atoms with E-state index in [0.717, 1.165) is 11.1 Å². The molecule has 0 bridgehead atoms. The summed E-state index contributed by atoms with van der Waals surface area (Å²) in [5.74, 6) is 2.29. The van der Waals surface area contributed by atoms with Gasteiger partial charge in [-0.15, -0.1) is 0 Å². The average Bonchev–Trinajstić information content (AvgIpc) is 2.66. The van der Waals surface area contributed by atoms with Gasteiger partial charge in [-0.05, 0) is 35.4 Å². The maximum atomic E-state index is 11.6. The molecule has 2 rings (SSSR count). The Labute approximate surface area is 152 Å².